The molecule has 1 aliphatic rings. The molecule has 10 heteroatoms. The largest absolute Gasteiger partial charge is 0.361 e. The van der Waals surface area contributed by atoms with Crippen molar-refractivity contribution in [1.29, 1.82) is 0 Å². The van der Waals surface area contributed by atoms with Crippen molar-refractivity contribution in [1.82, 2.24) is 5.32 Å². The topological polar surface area (TPSA) is 108 Å². The fraction of sp³-hybridized carbons (Fsp3) is 0.217. The summed E-state index contributed by atoms with van der Waals surface area (Å²) in [6.45, 7) is 3.59. The van der Waals surface area contributed by atoms with E-state index in [-0.39, 0.29) is 22.1 Å². The number of nitrogens with one attached hydrogen (secondary N) is 3. The van der Waals surface area contributed by atoms with Gasteiger partial charge in [-0.3, -0.25) is 14.3 Å². The van der Waals surface area contributed by atoms with E-state index in [0.717, 1.165) is 17.0 Å². The number of thiophene rings is 1. The Morgan fingerprint density at radius 2 is 1.91 bits per heavy atom. The van der Waals surface area contributed by atoms with Gasteiger partial charge in [-0.2, -0.15) is 0 Å². The lowest BCUT2D eigenvalue weighted by Crippen LogP contribution is -2.44. The summed E-state index contributed by atoms with van der Waals surface area (Å²) < 4.78 is 28.2. The average molecular weight is 485 g/mol. The fourth-order valence-electron chi connectivity index (χ4n) is 3.64. The molecule has 2 aromatic carbocycles. The first-order valence-corrected chi connectivity index (χ1v) is 12.7. The van der Waals surface area contributed by atoms with E-state index in [1.165, 1.54) is 6.07 Å². The van der Waals surface area contributed by atoms with Crippen LogP contribution < -0.4 is 20.3 Å². The fourth-order valence-corrected chi connectivity index (χ4v) is 5.72. The van der Waals surface area contributed by atoms with Gasteiger partial charge < -0.3 is 15.5 Å². The number of amides is 2. The zero-order valence-electron chi connectivity index (χ0n) is 18.3. The Kier molecular flexibility index (Phi) is 6.13. The minimum absolute atomic E-state index is 0.136. The summed E-state index contributed by atoms with van der Waals surface area (Å²) in [6, 6.07) is 14.5. The number of fused-ring (bicyclic) bond motifs is 1. The second-order valence-electron chi connectivity index (χ2n) is 7.83. The number of carbonyl (C=O) groups is 2. The quantitative estimate of drug-likeness (QED) is 0.493. The van der Waals surface area contributed by atoms with Crippen LogP contribution in [0, 0.1) is 0 Å². The molecular weight excluding hydrogens is 460 g/mol. The Morgan fingerprint density at radius 3 is 2.64 bits per heavy atom. The summed E-state index contributed by atoms with van der Waals surface area (Å²) in [5.41, 5.74) is 2.82. The van der Waals surface area contributed by atoms with E-state index in [1.807, 2.05) is 18.9 Å². The number of benzene rings is 2. The van der Waals surface area contributed by atoms with Gasteiger partial charge in [-0.15, -0.1) is 11.3 Å². The number of likely N-dealkylation sites (N-methyl/N-ethyl adjacent to an activating group) is 1. The van der Waals surface area contributed by atoms with Gasteiger partial charge in [0.05, 0.1) is 23.1 Å². The van der Waals surface area contributed by atoms with Crippen molar-refractivity contribution in [2.45, 2.75) is 30.1 Å². The van der Waals surface area contributed by atoms with E-state index in [4.69, 9.17) is 0 Å². The van der Waals surface area contributed by atoms with E-state index >= 15 is 0 Å². The molecule has 0 aliphatic carbocycles. The van der Waals surface area contributed by atoms with Gasteiger partial charge in [0, 0.05) is 12.6 Å². The van der Waals surface area contributed by atoms with Crippen LogP contribution in [0.25, 0.3) is 0 Å². The van der Waals surface area contributed by atoms with Gasteiger partial charge in [-0.1, -0.05) is 24.3 Å². The maximum atomic E-state index is 13.0. The molecule has 33 heavy (non-hydrogen) atoms. The molecule has 2 unspecified atom stereocenters. The van der Waals surface area contributed by atoms with Crippen molar-refractivity contribution >= 4 is 50.2 Å². The molecule has 2 atom stereocenters. The molecular formula is C23H24N4O4S2. The molecule has 0 saturated carbocycles. The van der Waals surface area contributed by atoms with Gasteiger partial charge in [-0.25, -0.2) is 8.42 Å². The highest BCUT2D eigenvalue weighted by atomic mass is 32.2. The van der Waals surface area contributed by atoms with Crippen LogP contribution in [0.4, 0.5) is 17.1 Å². The molecule has 2 heterocycles. The van der Waals surface area contributed by atoms with E-state index < -0.39 is 16.1 Å². The molecule has 0 saturated heterocycles. The Labute approximate surface area is 196 Å². The Morgan fingerprint density at radius 1 is 1.15 bits per heavy atom. The number of sulfonamides is 1. The van der Waals surface area contributed by atoms with Crippen molar-refractivity contribution in [3.8, 4) is 0 Å². The van der Waals surface area contributed by atoms with Crippen LogP contribution in [0.3, 0.4) is 0 Å². The van der Waals surface area contributed by atoms with Gasteiger partial charge in [0.1, 0.15) is 10.3 Å². The van der Waals surface area contributed by atoms with E-state index in [1.54, 1.807) is 60.8 Å². The first-order chi connectivity index (χ1) is 15.7. The Hall–Kier alpha value is -3.37. The third-order valence-electron chi connectivity index (χ3n) is 5.64. The SMILES string of the molecule is CC(NC(=O)c1ccc2c(c1)NC(=O)C(C)N2C)c1ccccc1NS(=O)(=O)c1cccs1. The minimum atomic E-state index is -3.72. The zero-order chi connectivity index (χ0) is 23.8. The molecule has 0 fully saturated rings. The number of hydrogen-bond donors (Lipinski definition) is 3. The van der Waals surface area contributed by atoms with E-state index in [0.29, 0.717) is 22.5 Å². The maximum absolute atomic E-state index is 13.0. The summed E-state index contributed by atoms with van der Waals surface area (Å²) in [5, 5.41) is 7.44. The number of rotatable bonds is 6. The van der Waals surface area contributed by atoms with Crippen molar-refractivity contribution in [2.24, 2.45) is 0 Å². The monoisotopic (exact) mass is 484 g/mol. The number of carbonyl (C=O) groups excluding carboxylic acids is 2. The highest BCUT2D eigenvalue weighted by molar-refractivity contribution is 7.94. The summed E-state index contributed by atoms with van der Waals surface area (Å²) in [5.74, 6) is -0.473. The third-order valence-corrected chi connectivity index (χ3v) is 8.40. The lowest BCUT2D eigenvalue weighted by Gasteiger charge is -2.33. The molecule has 0 bridgehead atoms. The van der Waals surface area contributed by atoms with Crippen LogP contribution >= 0.6 is 11.3 Å². The van der Waals surface area contributed by atoms with Gasteiger partial charge in [0.15, 0.2) is 0 Å². The molecule has 172 valence electrons. The molecule has 0 spiro atoms. The lowest BCUT2D eigenvalue weighted by molar-refractivity contribution is -0.117. The lowest BCUT2D eigenvalue weighted by atomic mass is 10.0. The van der Waals surface area contributed by atoms with Crippen LogP contribution in [-0.4, -0.2) is 33.3 Å². The number of para-hydroxylation sites is 1. The molecule has 0 radical (unpaired) electrons. The van der Waals surface area contributed by atoms with Crippen LogP contribution in [0.5, 0.6) is 0 Å². The van der Waals surface area contributed by atoms with Crippen LogP contribution in [0.1, 0.15) is 35.8 Å². The Bertz CT molecular complexity index is 1310. The molecule has 2 amide bonds. The van der Waals surface area contributed by atoms with Gasteiger partial charge in [0.25, 0.3) is 15.9 Å². The molecule has 1 aliphatic heterocycles. The predicted octanol–water partition coefficient (Wildman–Crippen LogP) is 3.82. The van der Waals surface area contributed by atoms with Crippen LogP contribution in [0.2, 0.25) is 0 Å². The third kappa shape index (κ3) is 4.57. The van der Waals surface area contributed by atoms with Gasteiger partial charge in [-0.05, 0) is 55.1 Å². The zero-order valence-corrected chi connectivity index (χ0v) is 20.0. The second kappa shape index (κ2) is 8.87. The van der Waals surface area contributed by atoms with E-state index in [9.17, 15) is 18.0 Å². The molecule has 3 aromatic rings. The summed E-state index contributed by atoms with van der Waals surface area (Å²) in [7, 11) is -1.89. The standard InChI is InChI=1S/C23H24N4O4S2/c1-14(17-7-4-5-8-18(17)26-33(30,31)21-9-6-12-32-21)24-23(29)16-10-11-20-19(13-16)25-22(28)15(2)27(20)3/h4-15,26H,1-3H3,(H,24,29)(H,25,28). The average Bonchev–Trinajstić information content (AvgIpc) is 3.33. The smallest absolute Gasteiger partial charge is 0.271 e. The van der Waals surface area contributed by atoms with Crippen molar-refractivity contribution in [3.05, 3.63) is 71.1 Å². The predicted molar refractivity (Wildman–Crippen MR) is 130 cm³/mol. The van der Waals surface area contributed by atoms with Crippen LogP contribution in [-0.2, 0) is 14.8 Å². The second-order valence-corrected chi connectivity index (χ2v) is 10.7. The van der Waals surface area contributed by atoms with Crippen LogP contribution in [0.15, 0.2) is 64.2 Å². The van der Waals surface area contributed by atoms with Gasteiger partial charge in [0.2, 0.25) is 5.91 Å². The van der Waals surface area contributed by atoms with Gasteiger partial charge >= 0.3 is 0 Å². The van der Waals surface area contributed by atoms with E-state index in [2.05, 4.69) is 15.4 Å². The molecule has 8 nitrogen and oxygen atoms in total. The number of anilines is 3. The summed E-state index contributed by atoms with van der Waals surface area (Å²) in [4.78, 5) is 26.9. The normalized spacial score (nSPS) is 16.5. The molecule has 1 aromatic heterocycles. The number of nitrogens with zero attached hydrogens (tertiary/aromatic N) is 1. The summed E-state index contributed by atoms with van der Waals surface area (Å²) >= 11 is 1.13. The van der Waals surface area contributed by atoms with Crippen molar-refractivity contribution in [3.63, 3.8) is 0 Å². The van der Waals surface area contributed by atoms with Crippen molar-refractivity contribution < 1.29 is 18.0 Å². The highest BCUT2D eigenvalue weighted by Crippen LogP contribution is 2.32. The Balaban J connectivity index is 1.54. The van der Waals surface area contributed by atoms with Crippen molar-refractivity contribution in [2.75, 3.05) is 22.0 Å². The first-order valence-electron chi connectivity index (χ1n) is 10.3. The minimum Gasteiger partial charge on any atom is -0.361 e. The molecule has 4 rings (SSSR count). The summed E-state index contributed by atoms with van der Waals surface area (Å²) in [6.07, 6.45) is 0. The highest BCUT2D eigenvalue weighted by Gasteiger charge is 2.27. The maximum Gasteiger partial charge on any atom is 0.271 e. The molecule has 3 N–H and O–H groups in total. The first kappa shape index (κ1) is 22.8. The number of hydrogen-bond acceptors (Lipinski definition) is 6.